The van der Waals surface area contributed by atoms with Crippen molar-refractivity contribution >= 4 is 11.9 Å². The zero-order chi connectivity index (χ0) is 26.9. The van der Waals surface area contributed by atoms with Gasteiger partial charge in [-0.2, -0.15) is 13.2 Å². The van der Waals surface area contributed by atoms with E-state index in [4.69, 9.17) is 25.1 Å². The maximum atomic E-state index is 14.4. The fraction of sp³-hybridized carbons (Fsp3) is 0.440. The number of ether oxygens (including phenoxy) is 2. The van der Waals surface area contributed by atoms with Crippen molar-refractivity contribution in [2.45, 2.75) is 44.0 Å². The number of alkyl halides is 3. The molecule has 1 fully saturated rings. The molecule has 3 N–H and O–H groups in total. The van der Waals surface area contributed by atoms with Gasteiger partial charge in [0.05, 0.1) is 26.2 Å². The zero-order valence-corrected chi connectivity index (χ0v) is 20.1. The molecule has 0 aliphatic carbocycles. The fourth-order valence-corrected chi connectivity index (χ4v) is 3.65. The number of methoxy groups -OCH3 is 1. The third-order valence-corrected chi connectivity index (χ3v) is 5.62. The largest absolute Gasteiger partial charge is 0.497 e. The number of hydrogen-bond acceptors (Lipinski definition) is 5. The van der Waals surface area contributed by atoms with Crippen LogP contribution in [0, 0.1) is 5.82 Å². The van der Waals surface area contributed by atoms with Crippen LogP contribution < -0.4 is 10.5 Å². The topological polar surface area (TPSA) is 102 Å². The van der Waals surface area contributed by atoms with Crippen molar-refractivity contribution in [2.75, 3.05) is 26.8 Å². The van der Waals surface area contributed by atoms with Crippen LogP contribution in [0.25, 0.3) is 0 Å². The van der Waals surface area contributed by atoms with Crippen LogP contribution >= 0.6 is 0 Å². The van der Waals surface area contributed by atoms with Crippen molar-refractivity contribution in [1.82, 2.24) is 4.90 Å². The Labute approximate surface area is 206 Å². The molecular formula is C25H30F4N2O5. The average molecular weight is 515 g/mol. The minimum atomic E-state index is -5.08. The standard InChI is InChI=1S/C23H29FN2O3.C2HF3O2/c1-3-4-13-29-23(19-7-5-6-8-20(19)24)15-26(16-23)22(27)21(25)14-17-9-11-18(28-2)12-10-17;3-2(4,5)1(6)7/h5-12,21H,3-4,13-16,25H2,1-2H3;(H,6,7)/t21-;/m1./s1. The van der Waals surface area contributed by atoms with Gasteiger partial charge in [-0.1, -0.05) is 43.7 Å². The molecule has 2 aromatic rings. The maximum absolute atomic E-state index is 14.4. The summed E-state index contributed by atoms with van der Waals surface area (Å²) in [6.07, 6.45) is -2.77. The Kier molecular flexibility index (Phi) is 10.2. The van der Waals surface area contributed by atoms with Crippen molar-refractivity contribution in [1.29, 1.82) is 0 Å². The third-order valence-electron chi connectivity index (χ3n) is 5.62. The van der Waals surface area contributed by atoms with Crippen LogP contribution in [0.2, 0.25) is 0 Å². The third kappa shape index (κ3) is 7.66. The van der Waals surface area contributed by atoms with Crippen LogP contribution in [0.15, 0.2) is 48.5 Å². The molecule has 198 valence electrons. The minimum absolute atomic E-state index is 0.146. The lowest BCUT2D eigenvalue weighted by molar-refractivity contribution is -0.192. The molecule has 0 bridgehead atoms. The Balaban J connectivity index is 0.000000572. The second-order valence-electron chi connectivity index (χ2n) is 8.33. The van der Waals surface area contributed by atoms with E-state index in [2.05, 4.69) is 6.92 Å². The summed E-state index contributed by atoms with van der Waals surface area (Å²) in [5.74, 6) is -2.45. The molecule has 0 aromatic heterocycles. The first kappa shape index (κ1) is 29.1. The molecule has 3 rings (SSSR count). The molecule has 1 heterocycles. The van der Waals surface area contributed by atoms with Crippen molar-refractivity contribution in [3.05, 3.63) is 65.5 Å². The number of nitrogens with zero attached hydrogens (tertiary/aromatic N) is 1. The number of carboxylic acids is 1. The molecule has 36 heavy (non-hydrogen) atoms. The van der Waals surface area contributed by atoms with Gasteiger partial charge in [0.25, 0.3) is 0 Å². The number of rotatable bonds is 9. The van der Waals surface area contributed by atoms with Crippen LogP contribution in [-0.4, -0.2) is 60.9 Å². The van der Waals surface area contributed by atoms with Crippen LogP contribution in [0.4, 0.5) is 17.6 Å². The minimum Gasteiger partial charge on any atom is -0.497 e. The Bertz CT molecular complexity index is 1010. The van der Waals surface area contributed by atoms with E-state index in [1.165, 1.54) is 6.07 Å². The van der Waals surface area contributed by atoms with E-state index >= 15 is 0 Å². The summed E-state index contributed by atoms with van der Waals surface area (Å²) in [5.41, 5.74) is 6.84. The van der Waals surface area contributed by atoms with E-state index in [0.29, 0.717) is 31.7 Å². The SMILES string of the molecule is CCCCOC1(c2ccccc2F)CN(C(=O)[C@H](N)Cc2ccc(OC)cc2)C1.O=C(O)C(F)(F)F. The summed E-state index contributed by atoms with van der Waals surface area (Å²) in [6.45, 7) is 3.23. The molecular weight excluding hydrogens is 484 g/mol. The Hall–Kier alpha value is -3.18. The lowest BCUT2D eigenvalue weighted by Crippen LogP contribution is -2.65. The van der Waals surface area contributed by atoms with Gasteiger partial charge in [-0.3, -0.25) is 4.79 Å². The lowest BCUT2D eigenvalue weighted by Gasteiger charge is -2.50. The highest BCUT2D eigenvalue weighted by atomic mass is 19.4. The van der Waals surface area contributed by atoms with E-state index in [0.717, 1.165) is 24.2 Å². The maximum Gasteiger partial charge on any atom is 0.490 e. The van der Waals surface area contributed by atoms with Crippen LogP contribution in [-0.2, 0) is 26.3 Å². The van der Waals surface area contributed by atoms with Crippen molar-refractivity contribution in [2.24, 2.45) is 5.73 Å². The van der Waals surface area contributed by atoms with Gasteiger partial charge in [-0.15, -0.1) is 0 Å². The number of nitrogens with two attached hydrogens (primary N) is 1. The quantitative estimate of drug-likeness (QED) is 0.389. The number of benzene rings is 2. The average Bonchev–Trinajstić information content (AvgIpc) is 2.81. The second kappa shape index (κ2) is 12.7. The van der Waals surface area contributed by atoms with Crippen LogP contribution in [0.5, 0.6) is 5.75 Å². The van der Waals surface area contributed by atoms with Crippen molar-refractivity contribution in [3.63, 3.8) is 0 Å². The summed E-state index contributed by atoms with van der Waals surface area (Å²) in [7, 11) is 1.61. The highest BCUT2D eigenvalue weighted by Gasteiger charge is 2.49. The first-order valence-electron chi connectivity index (χ1n) is 11.3. The molecule has 1 aliphatic rings. The van der Waals surface area contributed by atoms with E-state index in [-0.39, 0.29) is 11.7 Å². The number of aliphatic carboxylic acids is 1. The summed E-state index contributed by atoms with van der Waals surface area (Å²) in [6, 6.07) is 13.5. The van der Waals surface area contributed by atoms with Gasteiger partial charge in [0.2, 0.25) is 5.91 Å². The highest BCUT2D eigenvalue weighted by molar-refractivity contribution is 5.83. The number of carboxylic acid groups (broad SMARTS) is 1. The Morgan fingerprint density at radius 1 is 1.14 bits per heavy atom. The van der Waals surface area contributed by atoms with Crippen molar-refractivity contribution in [3.8, 4) is 5.75 Å². The van der Waals surface area contributed by atoms with Gasteiger partial charge >= 0.3 is 12.1 Å². The number of hydrogen-bond donors (Lipinski definition) is 2. The first-order valence-corrected chi connectivity index (χ1v) is 11.3. The smallest absolute Gasteiger partial charge is 0.490 e. The van der Waals surface area contributed by atoms with E-state index in [9.17, 15) is 22.4 Å². The molecule has 1 aliphatic heterocycles. The van der Waals surface area contributed by atoms with Gasteiger partial charge in [0.1, 0.15) is 17.2 Å². The molecule has 1 amide bonds. The number of unbranched alkanes of at least 4 members (excludes halogenated alkanes) is 1. The van der Waals surface area contributed by atoms with E-state index in [1.54, 1.807) is 30.2 Å². The summed E-state index contributed by atoms with van der Waals surface area (Å²) >= 11 is 0. The first-order chi connectivity index (χ1) is 16.9. The highest BCUT2D eigenvalue weighted by Crippen LogP contribution is 2.38. The Morgan fingerprint density at radius 3 is 2.22 bits per heavy atom. The number of amides is 1. The summed E-state index contributed by atoms with van der Waals surface area (Å²) in [5, 5.41) is 7.12. The molecule has 1 atom stereocenters. The molecule has 0 saturated carbocycles. The molecule has 0 unspecified atom stereocenters. The molecule has 1 saturated heterocycles. The Morgan fingerprint density at radius 2 is 1.72 bits per heavy atom. The van der Waals surface area contributed by atoms with Crippen LogP contribution in [0.3, 0.4) is 0 Å². The predicted octanol–water partition coefficient (Wildman–Crippen LogP) is 3.89. The van der Waals surface area contributed by atoms with Gasteiger partial charge in [-0.25, -0.2) is 9.18 Å². The number of carbonyl (C=O) groups is 2. The number of carbonyl (C=O) groups excluding carboxylic acids is 1. The molecule has 0 spiro atoms. The normalized spacial score (nSPS) is 15.2. The lowest BCUT2D eigenvalue weighted by atomic mass is 9.84. The summed E-state index contributed by atoms with van der Waals surface area (Å²) in [4.78, 5) is 23.4. The fourth-order valence-electron chi connectivity index (χ4n) is 3.65. The van der Waals surface area contributed by atoms with Gasteiger partial charge in [-0.05, 0) is 36.6 Å². The van der Waals surface area contributed by atoms with E-state index < -0.39 is 23.8 Å². The number of halogens is 4. The van der Waals surface area contributed by atoms with Gasteiger partial charge in [0, 0.05) is 12.2 Å². The summed E-state index contributed by atoms with van der Waals surface area (Å²) < 4.78 is 57.4. The molecule has 2 aromatic carbocycles. The predicted molar refractivity (Wildman–Crippen MR) is 124 cm³/mol. The molecule has 11 heteroatoms. The van der Waals surface area contributed by atoms with E-state index in [1.807, 2.05) is 24.3 Å². The zero-order valence-electron chi connectivity index (χ0n) is 20.1. The van der Waals surface area contributed by atoms with Crippen molar-refractivity contribution < 1.29 is 41.7 Å². The molecule has 7 nitrogen and oxygen atoms in total. The second-order valence-corrected chi connectivity index (χ2v) is 8.33. The molecule has 0 radical (unpaired) electrons. The van der Waals surface area contributed by atoms with Gasteiger partial charge < -0.3 is 25.2 Å². The monoisotopic (exact) mass is 514 g/mol. The van der Waals surface area contributed by atoms with Crippen LogP contribution in [0.1, 0.15) is 30.9 Å². The van der Waals surface area contributed by atoms with Gasteiger partial charge in [0.15, 0.2) is 0 Å². The number of likely N-dealkylation sites (tertiary alicyclic amines) is 1.